The zero-order valence-corrected chi connectivity index (χ0v) is 17.4. The average molecular weight is 424 g/mol. The van der Waals surface area contributed by atoms with Gasteiger partial charge >= 0.3 is 0 Å². The Bertz CT molecular complexity index is 904. The Balaban J connectivity index is 1.41. The first-order valence-corrected chi connectivity index (χ1v) is 12.1. The molecule has 1 amide bonds. The fourth-order valence-corrected chi connectivity index (χ4v) is 6.82. The van der Waals surface area contributed by atoms with Crippen LogP contribution in [0.5, 0.6) is 0 Å². The third-order valence-corrected chi connectivity index (χ3v) is 8.80. The monoisotopic (exact) mass is 423 g/mol. The number of likely N-dealkylation sites (tertiary alicyclic amines) is 1. The minimum atomic E-state index is -3.45. The van der Waals surface area contributed by atoms with E-state index >= 15 is 0 Å². The smallest absolute Gasteiger partial charge is 0.276 e. The third-order valence-electron chi connectivity index (χ3n) is 5.47. The van der Waals surface area contributed by atoms with Crippen molar-refractivity contribution in [2.24, 2.45) is 0 Å². The Morgan fingerprint density at radius 1 is 1.18 bits per heavy atom. The highest BCUT2D eigenvalue weighted by Gasteiger charge is 2.34. The Labute approximate surface area is 169 Å². The Morgan fingerprint density at radius 3 is 2.71 bits per heavy atom. The molecule has 0 bridgehead atoms. The second-order valence-corrected chi connectivity index (χ2v) is 10.4. The second-order valence-electron chi connectivity index (χ2n) is 7.35. The van der Waals surface area contributed by atoms with Gasteiger partial charge in [-0.2, -0.15) is 4.31 Å². The number of sulfonamides is 1. The largest absolute Gasteiger partial charge is 0.337 e. The predicted octanol–water partition coefficient (Wildman–Crippen LogP) is 2.21. The molecule has 2 aromatic rings. The van der Waals surface area contributed by atoms with Crippen molar-refractivity contribution >= 4 is 27.3 Å². The first-order chi connectivity index (χ1) is 13.6. The van der Waals surface area contributed by atoms with E-state index in [1.165, 1.54) is 11.3 Å². The predicted molar refractivity (Wildman–Crippen MR) is 106 cm³/mol. The maximum absolute atomic E-state index is 13.0. The summed E-state index contributed by atoms with van der Waals surface area (Å²) in [6.07, 6.45) is 7.17. The quantitative estimate of drug-likeness (QED) is 0.711. The SMILES string of the molecule is O=C(c1cn(CCC2CCCCN2S(=O)(=O)c2cccs2)nn1)N1CCCC1. The molecule has 4 heterocycles. The average Bonchev–Trinajstić information content (AvgIpc) is 3.48. The first-order valence-electron chi connectivity index (χ1n) is 9.80. The molecule has 1 unspecified atom stereocenters. The maximum atomic E-state index is 13.0. The van der Waals surface area contributed by atoms with Gasteiger partial charge in [0, 0.05) is 32.2 Å². The van der Waals surface area contributed by atoms with Crippen molar-refractivity contribution in [2.75, 3.05) is 19.6 Å². The van der Waals surface area contributed by atoms with Crippen LogP contribution in [0.25, 0.3) is 0 Å². The molecule has 1 atom stereocenters. The Morgan fingerprint density at radius 2 is 1.96 bits per heavy atom. The second kappa shape index (κ2) is 8.30. The van der Waals surface area contributed by atoms with Crippen molar-refractivity contribution in [3.05, 3.63) is 29.4 Å². The molecule has 8 nitrogen and oxygen atoms in total. The van der Waals surface area contributed by atoms with Crippen molar-refractivity contribution < 1.29 is 13.2 Å². The van der Waals surface area contributed by atoms with Crippen LogP contribution in [0.3, 0.4) is 0 Å². The Hall–Kier alpha value is -1.78. The number of nitrogens with zero attached hydrogens (tertiary/aromatic N) is 5. The fraction of sp³-hybridized carbons (Fsp3) is 0.611. The molecule has 2 aliphatic rings. The van der Waals surface area contributed by atoms with Gasteiger partial charge in [0.1, 0.15) is 4.21 Å². The number of amides is 1. The van der Waals surface area contributed by atoms with Crippen LogP contribution >= 0.6 is 11.3 Å². The minimum absolute atomic E-state index is 0.0530. The molecular weight excluding hydrogens is 398 g/mol. The Kier molecular flexibility index (Phi) is 5.79. The van der Waals surface area contributed by atoms with Crippen LogP contribution < -0.4 is 0 Å². The summed E-state index contributed by atoms with van der Waals surface area (Å²) >= 11 is 1.26. The van der Waals surface area contributed by atoms with Gasteiger partial charge < -0.3 is 4.90 Å². The van der Waals surface area contributed by atoms with Crippen LogP contribution in [0.4, 0.5) is 0 Å². The van der Waals surface area contributed by atoms with E-state index in [1.807, 2.05) is 4.90 Å². The fourth-order valence-electron chi connectivity index (χ4n) is 3.97. The number of aromatic nitrogens is 3. The van der Waals surface area contributed by atoms with Gasteiger partial charge in [0.25, 0.3) is 15.9 Å². The van der Waals surface area contributed by atoms with Crippen molar-refractivity contribution in [3.8, 4) is 0 Å². The topological polar surface area (TPSA) is 88.4 Å². The lowest BCUT2D eigenvalue weighted by molar-refractivity contribution is 0.0787. The van der Waals surface area contributed by atoms with Crippen molar-refractivity contribution in [2.45, 2.75) is 55.3 Å². The summed E-state index contributed by atoms with van der Waals surface area (Å²) in [4.78, 5) is 14.2. The number of carbonyl (C=O) groups excluding carboxylic acids is 1. The number of piperidine rings is 1. The number of rotatable bonds is 6. The van der Waals surface area contributed by atoms with Gasteiger partial charge in [0.2, 0.25) is 0 Å². The van der Waals surface area contributed by atoms with Gasteiger partial charge in [-0.05, 0) is 43.6 Å². The lowest BCUT2D eigenvalue weighted by Gasteiger charge is -2.34. The number of hydrogen-bond donors (Lipinski definition) is 0. The van der Waals surface area contributed by atoms with Crippen LogP contribution in [0.1, 0.15) is 49.0 Å². The number of aryl methyl sites for hydroxylation is 1. The van der Waals surface area contributed by atoms with Crippen molar-refractivity contribution in [3.63, 3.8) is 0 Å². The van der Waals surface area contributed by atoms with Crippen LogP contribution in [0.2, 0.25) is 0 Å². The number of hydrogen-bond acceptors (Lipinski definition) is 6. The molecule has 0 aromatic carbocycles. The highest BCUT2D eigenvalue weighted by atomic mass is 32.2. The summed E-state index contributed by atoms with van der Waals surface area (Å²) in [5, 5.41) is 9.90. The van der Waals surface area contributed by atoms with E-state index in [2.05, 4.69) is 10.3 Å². The van der Waals surface area contributed by atoms with Gasteiger partial charge in [0.05, 0.1) is 6.20 Å². The maximum Gasteiger partial charge on any atom is 0.276 e. The zero-order valence-electron chi connectivity index (χ0n) is 15.7. The highest BCUT2D eigenvalue weighted by molar-refractivity contribution is 7.91. The molecule has 0 spiro atoms. The standard InChI is InChI=1S/C18H25N5O3S2/c24-18(21-9-3-4-10-21)16-14-22(20-19-16)12-8-15-6-1-2-11-23(15)28(25,26)17-7-5-13-27-17/h5,7,13-15H,1-4,6,8-12H2. The molecule has 2 fully saturated rings. The molecule has 4 rings (SSSR count). The summed E-state index contributed by atoms with van der Waals surface area (Å²) < 4.78 is 29.6. The summed E-state index contributed by atoms with van der Waals surface area (Å²) in [6, 6.07) is 3.38. The van der Waals surface area contributed by atoms with Crippen LogP contribution in [0.15, 0.2) is 27.9 Å². The summed E-state index contributed by atoms with van der Waals surface area (Å²) in [7, 11) is -3.45. The minimum Gasteiger partial charge on any atom is -0.337 e. The molecule has 28 heavy (non-hydrogen) atoms. The molecule has 10 heteroatoms. The van der Waals surface area contributed by atoms with Crippen LogP contribution in [0, 0.1) is 0 Å². The van der Waals surface area contributed by atoms with E-state index in [4.69, 9.17) is 0 Å². The number of carbonyl (C=O) groups is 1. The molecule has 0 aliphatic carbocycles. The van der Waals surface area contributed by atoms with Crippen molar-refractivity contribution in [1.29, 1.82) is 0 Å². The van der Waals surface area contributed by atoms with E-state index in [0.29, 0.717) is 29.4 Å². The van der Waals surface area contributed by atoms with Gasteiger partial charge in [0.15, 0.2) is 5.69 Å². The molecular formula is C18H25N5O3S2. The summed E-state index contributed by atoms with van der Waals surface area (Å²) in [5.41, 5.74) is 0.369. The van der Waals surface area contributed by atoms with Crippen LogP contribution in [-0.2, 0) is 16.6 Å². The molecule has 2 aromatic heterocycles. The van der Waals surface area contributed by atoms with E-state index in [9.17, 15) is 13.2 Å². The van der Waals surface area contributed by atoms with E-state index in [1.54, 1.807) is 32.7 Å². The van der Waals surface area contributed by atoms with E-state index in [0.717, 1.165) is 45.2 Å². The molecule has 2 aliphatic heterocycles. The highest BCUT2D eigenvalue weighted by Crippen LogP contribution is 2.29. The van der Waals surface area contributed by atoms with E-state index < -0.39 is 10.0 Å². The summed E-state index contributed by atoms with van der Waals surface area (Å²) in [5.74, 6) is -0.0664. The molecule has 152 valence electrons. The van der Waals surface area contributed by atoms with Crippen molar-refractivity contribution in [1.82, 2.24) is 24.2 Å². The molecule has 0 radical (unpaired) electrons. The van der Waals surface area contributed by atoms with Gasteiger partial charge in [-0.25, -0.2) is 8.42 Å². The van der Waals surface area contributed by atoms with Gasteiger partial charge in [-0.15, -0.1) is 16.4 Å². The lowest BCUT2D eigenvalue weighted by atomic mass is 10.0. The van der Waals surface area contributed by atoms with Crippen LogP contribution in [-0.4, -0.2) is 64.2 Å². The lowest BCUT2D eigenvalue weighted by Crippen LogP contribution is -2.43. The van der Waals surface area contributed by atoms with E-state index in [-0.39, 0.29) is 11.9 Å². The zero-order chi connectivity index (χ0) is 19.6. The van der Waals surface area contributed by atoms with Gasteiger partial charge in [-0.1, -0.05) is 17.7 Å². The molecule has 0 saturated carbocycles. The summed E-state index contributed by atoms with van der Waals surface area (Å²) in [6.45, 7) is 2.66. The number of thiophene rings is 1. The third kappa shape index (κ3) is 3.99. The normalized spacial score (nSPS) is 21.3. The first kappa shape index (κ1) is 19.5. The van der Waals surface area contributed by atoms with Gasteiger partial charge in [-0.3, -0.25) is 9.48 Å². The molecule has 0 N–H and O–H groups in total. The molecule has 2 saturated heterocycles.